The van der Waals surface area contributed by atoms with Gasteiger partial charge < -0.3 is 10.2 Å². The maximum absolute atomic E-state index is 13.3. The van der Waals surface area contributed by atoms with E-state index in [0.717, 1.165) is 19.6 Å². The van der Waals surface area contributed by atoms with Crippen molar-refractivity contribution < 1.29 is 9.18 Å². The standard InChI is InChI=1S/C14H19FN2O/c15-12-6-2-3-7-13(12)16-14(18)8-11-17-9-4-1-5-10-17/h2-3,6-7H,1,4-5,8-11H2,(H,16,18). The van der Waals surface area contributed by atoms with Gasteiger partial charge in [0.25, 0.3) is 0 Å². The summed E-state index contributed by atoms with van der Waals surface area (Å²) in [6.07, 6.45) is 4.15. The van der Waals surface area contributed by atoms with Crippen LogP contribution in [-0.2, 0) is 4.79 Å². The molecule has 1 saturated heterocycles. The molecule has 0 radical (unpaired) electrons. The Morgan fingerprint density at radius 3 is 2.67 bits per heavy atom. The first-order chi connectivity index (χ1) is 8.75. The van der Waals surface area contributed by atoms with Crippen LogP contribution in [0, 0.1) is 5.82 Å². The van der Waals surface area contributed by atoms with E-state index in [1.165, 1.54) is 25.3 Å². The molecule has 0 atom stereocenters. The van der Waals surface area contributed by atoms with E-state index >= 15 is 0 Å². The fourth-order valence-corrected chi connectivity index (χ4v) is 2.22. The summed E-state index contributed by atoms with van der Waals surface area (Å²) in [6.45, 7) is 2.92. The molecule has 1 aliphatic rings. The van der Waals surface area contributed by atoms with Crippen molar-refractivity contribution in [3.8, 4) is 0 Å². The van der Waals surface area contributed by atoms with Gasteiger partial charge in [-0.2, -0.15) is 0 Å². The van der Waals surface area contributed by atoms with Crippen LogP contribution < -0.4 is 5.32 Å². The highest BCUT2D eigenvalue weighted by atomic mass is 19.1. The summed E-state index contributed by atoms with van der Waals surface area (Å²) >= 11 is 0. The van der Waals surface area contributed by atoms with Gasteiger partial charge in [-0.1, -0.05) is 18.6 Å². The van der Waals surface area contributed by atoms with Crippen molar-refractivity contribution in [1.82, 2.24) is 4.90 Å². The number of hydrogen-bond donors (Lipinski definition) is 1. The Kier molecular flexibility index (Phi) is 4.70. The lowest BCUT2D eigenvalue weighted by Gasteiger charge is -2.25. The third kappa shape index (κ3) is 3.81. The monoisotopic (exact) mass is 250 g/mol. The molecule has 1 aliphatic heterocycles. The van der Waals surface area contributed by atoms with Crippen LogP contribution in [-0.4, -0.2) is 30.4 Å². The molecule has 0 aliphatic carbocycles. The molecule has 4 heteroatoms. The zero-order chi connectivity index (χ0) is 12.8. The predicted molar refractivity (Wildman–Crippen MR) is 69.9 cm³/mol. The molecule has 1 aromatic rings. The van der Waals surface area contributed by atoms with Crippen LogP contribution >= 0.6 is 0 Å². The number of carbonyl (C=O) groups excluding carboxylic acids is 1. The molecule has 0 spiro atoms. The van der Waals surface area contributed by atoms with Gasteiger partial charge in [0.1, 0.15) is 5.82 Å². The third-order valence-electron chi connectivity index (χ3n) is 3.25. The van der Waals surface area contributed by atoms with Gasteiger partial charge >= 0.3 is 0 Å². The van der Waals surface area contributed by atoms with Gasteiger partial charge in [0, 0.05) is 13.0 Å². The molecule has 3 nitrogen and oxygen atoms in total. The SMILES string of the molecule is O=C(CCN1CCCCC1)Nc1ccccc1F. The molecule has 18 heavy (non-hydrogen) atoms. The zero-order valence-corrected chi connectivity index (χ0v) is 10.5. The molecule has 0 unspecified atom stereocenters. The maximum atomic E-state index is 13.3. The fraction of sp³-hybridized carbons (Fsp3) is 0.500. The van der Waals surface area contributed by atoms with Crippen molar-refractivity contribution in [3.63, 3.8) is 0 Å². The summed E-state index contributed by atoms with van der Waals surface area (Å²) in [5.41, 5.74) is 0.265. The zero-order valence-electron chi connectivity index (χ0n) is 10.5. The third-order valence-corrected chi connectivity index (χ3v) is 3.25. The highest BCUT2D eigenvalue weighted by molar-refractivity contribution is 5.90. The maximum Gasteiger partial charge on any atom is 0.225 e. The smallest absolute Gasteiger partial charge is 0.225 e. The van der Waals surface area contributed by atoms with Crippen molar-refractivity contribution in [3.05, 3.63) is 30.1 Å². The van der Waals surface area contributed by atoms with Crippen LogP contribution in [0.15, 0.2) is 24.3 Å². The summed E-state index contributed by atoms with van der Waals surface area (Å²) in [4.78, 5) is 14.0. The molecule has 0 bridgehead atoms. The summed E-state index contributed by atoms with van der Waals surface area (Å²) in [7, 11) is 0. The van der Waals surface area contributed by atoms with Crippen LogP contribution in [0.3, 0.4) is 0 Å². The molecule has 0 saturated carbocycles. The van der Waals surface area contributed by atoms with Gasteiger partial charge in [0.2, 0.25) is 5.91 Å². The molecule has 98 valence electrons. The second-order valence-electron chi connectivity index (χ2n) is 4.68. The molecule has 1 aromatic carbocycles. The Morgan fingerprint density at radius 1 is 1.22 bits per heavy atom. The van der Waals surface area contributed by atoms with E-state index < -0.39 is 0 Å². The van der Waals surface area contributed by atoms with Crippen LogP contribution in [0.4, 0.5) is 10.1 Å². The van der Waals surface area contributed by atoms with Crippen LogP contribution in [0.25, 0.3) is 0 Å². The lowest BCUT2D eigenvalue weighted by molar-refractivity contribution is -0.116. The molecular formula is C14H19FN2O. The topological polar surface area (TPSA) is 32.3 Å². The quantitative estimate of drug-likeness (QED) is 0.891. The number of halogens is 1. The summed E-state index contributed by atoms with van der Waals surface area (Å²) in [6, 6.07) is 6.25. The lowest BCUT2D eigenvalue weighted by Crippen LogP contribution is -2.32. The Hall–Kier alpha value is -1.42. The highest BCUT2D eigenvalue weighted by Crippen LogP contribution is 2.13. The number of nitrogens with one attached hydrogen (secondary N) is 1. The van der Waals surface area contributed by atoms with Gasteiger partial charge in [0.05, 0.1) is 5.69 Å². The fourth-order valence-electron chi connectivity index (χ4n) is 2.22. The van der Waals surface area contributed by atoms with Gasteiger partial charge in [-0.05, 0) is 38.1 Å². The van der Waals surface area contributed by atoms with Crippen LogP contribution in [0.1, 0.15) is 25.7 Å². The van der Waals surface area contributed by atoms with Crippen molar-refractivity contribution in [1.29, 1.82) is 0 Å². The normalized spacial score (nSPS) is 16.5. The van der Waals surface area contributed by atoms with E-state index in [1.807, 2.05) is 0 Å². The van der Waals surface area contributed by atoms with Crippen LogP contribution in [0.5, 0.6) is 0 Å². The van der Waals surface area contributed by atoms with Gasteiger partial charge in [-0.3, -0.25) is 4.79 Å². The largest absolute Gasteiger partial charge is 0.324 e. The summed E-state index contributed by atoms with van der Waals surface area (Å²) in [5, 5.41) is 2.61. The molecule has 1 amide bonds. The van der Waals surface area contributed by atoms with Gasteiger partial charge in [-0.25, -0.2) is 4.39 Å². The average Bonchev–Trinajstić information content (AvgIpc) is 2.40. The summed E-state index contributed by atoms with van der Waals surface area (Å²) < 4.78 is 13.3. The van der Waals surface area contributed by atoms with Crippen molar-refractivity contribution in [2.75, 3.05) is 25.0 Å². The van der Waals surface area contributed by atoms with Crippen molar-refractivity contribution in [2.24, 2.45) is 0 Å². The second-order valence-corrected chi connectivity index (χ2v) is 4.68. The van der Waals surface area contributed by atoms with Crippen molar-refractivity contribution in [2.45, 2.75) is 25.7 Å². The number of amides is 1. The Bertz CT molecular complexity index is 403. The number of nitrogens with zero attached hydrogens (tertiary/aromatic N) is 1. The molecule has 1 heterocycles. The lowest BCUT2D eigenvalue weighted by atomic mass is 10.1. The number of likely N-dealkylation sites (tertiary alicyclic amines) is 1. The van der Waals surface area contributed by atoms with Crippen LogP contribution in [0.2, 0.25) is 0 Å². The second kappa shape index (κ2) is 6.50. The molecule has 0 aromatic heterocycles. The van der Waals surface area contributed by atoms with E-state index in [4.69, 9.17) is 0 Å². The van der Waals surface area contributed by atoms with Crippen molar-refractivity contribution >= 4 is 11.6 Å². The first-order valence-corrected chi connectivity index (χ1v) is 6.52. The molecule has 1 fully saturated rings. The minimum absolute atomic E-state index is 0.120. The number of carbonyl (C=O) groups is 1. The molecular weight excluding hydrogens is 231 g/mol. The molecule has 1 N–H and O–H groups in total. The molecule has 2 rings (SSSR count). The first kappa shape index (κ1) is 13.0. The van der Waals surface area contributed by atoms with E-state index in [0.29, 0.717) is 6.42 Å². The van der Waals surface area contributed by atoms with E-state index in [-0.39, 0.29) is 17.4 Å². The van der Waals surface area contributed by atoms with E-state index in [9.17, 15) is 9.18 Å². The predicted octanol–water partition coefficient (Wildman–Crippen LogP) is 2.64. The van der Waals surface area contributed by atoms with Gasteiger partial charge in [0.15, 0.2) is 0 Å². The number of rotatable bonds is 4. The minimum Gasteiger partial charge on any atom is -0.324 e. The first-order valence-electron chi connectivity index (χ1n) is 6.52. The highest BCUT2D eigenvalue weighted by Gasteiger charge is 2.12. The number of benzene rings is 1. The van der Waals surface area contributed by atoms with E-state index in [1.54, 1.807) is 18.2 Å². The number of anilines is 1. The van der Waals surface area contributed by atoms with E-state index in [2.05, 4.69) is 10.2 Å². The Morgan fingerprint density at radius 2 is 1.94 bits per heavy atom. The minimum atomic E-state index is -0.385. The summed E-state index contributed by atoms with van der Waals surface area (Å²) in [5.74, 6) is -0.505. The number of para-hydroxylation sites is 1. The van der Waals surface area contributed by atoms with Gasteiger partial charge in [-0.15, -0.1) is 0 Å². The average molecular weight is 250 g/mol. The number of hydrogen-bond acceptors (Lipinski definition) is 2. The Balaban J connectivity index is 1.76. The Labute approximate surface area is 107 Å². The number of piperidine rings is 1.